The van der Waals surface area contributed by atoms with Gasteiger partial charge < -0.3 is 4.74 Å². The third-order valence-corrected chi connectivity index (χ3v) is 6.81. The molecule has 3 aromatic carbocycles. The van der Waals surface area contributed by atoms with Gasteiger partial charge in [-0.1, -0.05) is 57.3 Å². The quantitative estimate of drug-likeness (QED) is 0.158. The molecule has 0 atom stereocenters. The number of hydrazone groups is 1. The van der Waals surface area contributed by atoms with Crippen molar-refractivity contribution in [2.75, 3.05) is 0 Å². The molecule has 0 unspecified atom stereocenters. The first-order chi connectivity index (χ1) is 14.8. The molecule has 3 aromatic rings. The van der Waals surface area contributed by atoms with E-state index in [0.29, 0.717) is 16.7 Å². The van der Waals surface area contributed by atoms with E-state index in [0.717, 1.165) is 34.1 Å². The normalized spacial score (nSPS) is 11.0. The van der Waals surface area contributed by atoms with Crippen LogP contribution in [-0.4, -0.2) is 12.1 Å². The van der Waals surface area contributed by atoms with Crippen molar-refractivity contribution in [3.63, 3.8) is 0 Å². The van der Waals surface area contributed by atoms with E-state index in [2.05, 4.69) is 71.6 Å². The van der Waals surface area contributed by atoms with Gasteiger partial charge in [-0.05, 0) is 92.7 Å². The van der Waals surface area contributed by atoms with Crippen LogP contribution in [0.2, 0.25) is 10.0 Å². The average molecular weight is 744 g/mol. The summed E-state index contributed by atoms with van der Waals surface area (Å²) in [4.78, 5) is 12.1. The van der Waals surface area contributed by atoms with Crippen molar-refractivity contribution in [1.29, 1.82) is 0 Å². The SMILES string of the molecule is O=C(Cc1ccc(Br)cc1)N/N=C\c1cc(I)c(OCc2ccc(Cl)cc2Cl)c(I)c1. The van der Waals surface area contributed by atoms with Crippen LogP contribution in [-0.2, 0) is 17.8 Å². The number of ether oxygens (including phenoxy) is 1. The van der Waals surface area contributed by atoms with Gasteiger partial charge in [0.1, 0.15) is 12.4 Å². The Morgan fingerprint density at radius 2 is 1.74 bits per heavy atom. The van der Waals surface area contributed by atoms with Gasteiger partial charge in [-0.2, -0.15) is 5.10 Å². The number of nitrogens with zero attached hydrogens (tertiary/aromatic N) is 1. The molecule has 0 aliphatic carbocycles. The largest absolute Gasteiger partial charge is 0.487 e. The lowest BCUT2D eigenvalue weighted by Gasteiger charge is -2.12. The third kappa shape index (κ3) is 7.59. The van der Waals surface area contributed by atoms with Crippen molar-refractivity contribution in [3.05, 3.63) is 92.9 Å². The van der Waals surface area contributed by atoms with E-state index in [-0.39, 0.29) is 12.3 Å². The molecule has 4 nitrogen and oxygen atoms in total. The Morgan fingerprint density at radius 1 is 1.06 bits per heavy atom. The van der Waals surface area contributed by atoms with E-state index in [4.69, 9.17) is 27.9 Å². The molecular formula is C22H15BrCl2I2N2O2. The minimum absolute atomic E-state index is 0.178. The van der Waals surface area contributed by atoms with Crippen LogP contribution >= 0.6 is 84.3 Å². The lowest BCUT2D eigenvalue weighted by Crippen LogP contribution is -2.19. The van der Waals surface area contributed by atoms with Crippen molar-refractivity contribution < 1.29 is 9.53 Å². The predicted octanol–water partition coefficient (Wildman–Crippen LogP) is 7.24. The topological polar surface area (TPSA) is 50.7 Å². The molecule has 1 N–H and O–H groups in total. The van der Waals surface area contributed by atoms with Crippen LogP contribution in [0.3, 0.4) is 0 Å². The monoisotopic (exact) mass is 742 g/mol. The van der Waals surface area contributed by atoms with Crippen molar-refractivity contribution in [2.45, 2.75) is 13.0 Å². The fraction of sp³-hybridized carbons (Fsp3) is 0.0909. The minimum atomic E-state index is -0.178. The minimum Gasteiger partial charge on any atom is -0.487 e. The zero-order valence-corrected chi connectivity index (χ0v) is 23.3. The summed E-state index contributed by atoms with van der Waals surface area (Å²) in [5.41, 5.74) is 5.20. The van der Waals surface area contributed by atoms with Crippen LogP contribution < -0.4 is 10.2 Å². The van der Waals surface area contributed by atoms with Gasteiger partial charge in [0.25, 0.3) is 0 Å². The third-order valence-electron chi connectivity index (χ3n) is 4.09. The van der Waals surface area contributed by atoms with E-state index in [1.54, 1.807) is 18.3 Å². The van der Waals surface area contributed by atoms with Gasteiger partial charge in [-0.15, -0.1) is 0 Å². The van der Waals surface area contributed by atoms with Gasteiger partial charge >= 0.3 is 0 Å². The van der Waals surface area contributed by atoms with E-state index in [1.807, 2.05) is 42.5 Å². The number of hydrogen-bond donors (Lipinski definition) is 1. The Morgan fingerprint density at radius 3 is 2.39 bits per heavy atom. The van der Waals surface area contributed by atoms with Crippen LogP contribution in [0.5, 0.6) is 5.75 Å². The number of amides is 1. The number of benzene rings is 3. The van der Waals surface area contributed by atoms with Crippen LogP contribution in [0.15, 0.2) is 64.2 Å². The number of carbonyl (C=O) groups is 1. The molecule has 0 radical (unpaired) electrons. The molecule has 9 heteroatoms. The van der Waals surface area contributed by atoms with Gasteiger partial charge in [-0.3, -0.25) is 4.79 Å². The van der Waals surface area contributed by atoms with Crippen LogP contribution in [0.4, 0.5) is 0 Å². The van der Waals surface area contributed by atoms with Gasteiger partial charge in [0.15, 0.2) is 0 Å². The second kappa shape index (κ2) is 11.8. The Bertz CT molecular complexity index is 1100. The summed E-state index contributed by atoms with van der Waals surface area (Å²) < 4.78 is 8.82. The highest BCUT2D eigenvalue weighted by molar-refractivity contribution is 14.1. The maximum absolute atomic E-state index is 12.1. The standard InChI is InChI=1S/C22H15BrCl2I2N2O2/c23-16-4-1-13(2-5-16)9-21(30)29-28-11-14-7-19(26)22(20(27)8-14)31-12-15-3-6-17(24)10-18(15)25/h1-8,10-11H,9,12H2,(H,29,30)/b28-11-. The van der Waals surface area contributed by atoms with E-state index >= 15 is 0 Å². The van der Waals surface area contributed by atoms with Crippen molar-refractivity contribution in [3.8, 4) is 5.75 Å². The zero-order chi connectivity index (χ0) is 22.4. The van der Waals surface area contributed by atoms with Crippen molar-refractivity contribution in [2.24, 2.45) is 5.10 Å². The molecule has 0 aliphatic heterocycles. The first-order valence-electron chi connectivity index (χ1n) is 8.94. The Labute approximate surface area is 226 Å². The van der Waals surface area contributed by atoms with Gasteiger partial charge in [0, 0.05) is 20.1 Å². The highest BCUT2D eigenvalue weighted by Crippen LogP contribution is 2.30. The van der Waals surface area contributed by atoms with Crippen molar-refractivity contribution in [1.82, 2.24) is 5.43 Å². The second-order valence-electron chi connectivity index (χ2n) is 6.43. The van der Waals surface area contributed by atoms with E-state index < -0.39 is 0 Å². The number of carbonyl (C=O) groups excluding carboxylic acids is 1. The molecule has 0 bridgehead atoms. The Hall–Kier alpha value is -0.880. The highest BCUT2D eigenvalue weighted by Gasteiger charge is 2.10. The smallest absolute Gasteiger partial charge is 0.244 e. The number of hydrogen-bond acceptors (Lipinski definition) is 3. The first kappa shape index (κ1) is 24.8. The summed E-state index contributed by atoms with van der Waals surface area (Å²) in [7, 11) is 0. The molecule has 31 heavy (non-hydrogen) atoms. The summed E-state index contributed by atoms with van der Waals surface area (Å²) in [6, 6.07) is 16.8. The maximum atomic E-state index is 12.1. The zero-order valence-electron chi connectivity index (χ0n) is 15.8. The van der Waals surface area contributed by atoms with Crippen LogP contribution in [0.1, 0.15) is 16.7 Å². The molecule has 0 fully saturated rings. The van der Waals surface area contributed by atoms with Gasteiger partial charge in [-0.25, -0.2) is 5.43 Å². The molecular weight excluding hydrogens is 729 g/mol. The average Bonchev–Trinajstić information content (AvgIpc) is 2.70. The Balaban J connectivity index is 1.60. The summed E-state index contributed by atoms with van der Waals surface area (Å²) in [5, 5.41) is 5.23. The molecule has 0 spiro atoms. The molecule has 0 saturated carbocycles. The lowest BCUT2D eigenvalue weighted by atomic mass is 10.1. The maximum Gasteiger partial charge on any atom is 0.244 e. The van der Waals surface area contributed by atoms with Crippen molar-refractivity contribution >= 4 is 96.4 Å². The molecule has 1 amide bonds. The van der Waals surface area contributed by atoms with Gasteiger partial charge in [0.05, 0.1) is 19.8 Å². The van der Waals surface area contributed by atoms with E-state index in [1.165, 1.54) is 0 Å². The molecule has 3 rings (SSSR count). The number of rotatable bonds is 7. The highest BCUT2D eigenvalue weighted by atomic mass is 127. The molecule has 0 aliphatic rings. The van der Waals surface area contributed by atoms with Crippen LogP contribution in [0.25, 0.3) is 0 Å². The Kier molecular flexibility index (Phi) is 9.45. The van der Waals surface area contributed by atoms with Gasteiger partial charge in [0.2, 0.25) is 5.91 Å². The lowest BCUT2D eigenvalue weighted by molar-refractivity contribution is -0.120. The summed E-state index contributed by atoms with van der Waals surface area (Å²) >= 11 is 20.0. The number of nitrogens with one attached hydrogen (secondary N) is 1. The summed E-state index contributed by atoms with van der Waals surface area (Å²) in [6.45, 7) is 0.335. The predicted molar refractivity (Wildman–Crippen MR) is 146 cm³/mol. The summed E-state index contributed by atoms with van der Waals surface area (Å²) in [6.07, 6.45) is 1.88. The molecule has 0 aromatic heterocycles. The molecule has 0 heterocycles. The fourth-order valence-corrected chi connectivity index (χ4v) is 5.44. The first-order valence-corrected chi connectivity index (χ1v) is 12.6. The number of halogens is 5. The second-order valence-corrected chi connectivity index (χ2v) is 10.5. The molecule has 160 valence electrons. The molecule has 0 saturated heterocycles. The summed E-state index contributed by atoms with van der Waals surface area (Å²) in [5.74, 6) is 0.589. The van der Waals surface area contributed by atoms with Crippen LogP contribution in [0, 0.1) is 7.14 Å². The fourth-order valence-electron chi connectivity index (χ4n) is 2.59. The van der Waals surface area contributed by atoms with E-state index in [9.17, 15) is 4.79 Å².